The van der Waals surface area contributed by atoms with Crippen molar-refractivity contribution in [3.05, 3.63) is 70.3 Å². The monoisotopic (exact) mass is 324 g/mol. The summed E-state index contributed by atoms with van der Waals surface area (Å²) in [5, 5.41) is 0.669. The third-order valence-electron chi connectivity index (χ3n) is 4.62. The van der Waals surface area contributed by atoms with E-state index in [4.69, 9.17) is 17.3 Å². The van der Waals surface area contributed by atoms with Gasteiger partial charge >= 0.3 is 0 Å². The van der Waals surface area contributed by atoms with Gasteiger partial charge in [0, 0.05) is 10.6 Å². The molecule has 0 aliphatic carbocycles. The van der Waals surface area contributed by atoms with Crippen LogP contribution in [-0.2, 0) is 11.2 Å². The van der Waals surface area contributed by atoms with Gasteiger partial charge in [0.05, 0.1) is 17.8 Å². The van der Waals surface area contributed by atoms with Crippen LogP contribution in [0.15, 0.2) is 48.5 Å². The second-order valence-electron chi connectivity index (χ2n) is 6.05. The van der Waals surface area contributed by atoms with Crippen LogP contribution in [-0.4, -0.2) is 11.9 Å². The summed E-state index contributed by atoms with van der Waals surface area (Å²) in [5.74, 6) is -0.0291. The Kier molecular flexibility index (Phi) is 3.47. The van der Waals surface area contributed by atoms with Crippen LogP contribution < -0.4 is 10.6 Å². The molecule has 1 amide bonds. The average Bonchev–Trinajstić information content (AvgIpc) is 2.77. The molecule has 0 fully saturated rings. The zero-order chi connectivity index (χ0) is 16.0. The molecule has 0 spiro atoms. The molecule has 0 radical (unpaired) electrons. The van der Waals surface area contributed by atoms with Crippen molar-refractivity contribution < 1.29 is 4.79 Å². The van der Waals surface area contributed by atoms with E-state index in [0.717, 1.165) is 28.8 Å². The van der Waals surface area contributed by atoms with Crippen LogP contribution in [0.3, 0.4) is 0 Å². The highest BCUT2D eigenvalue weighted by Crippen LogP contribution is 2.43. The van der Waals surface area contributed by atoms with Gasteiger partial charge in [-0.2, -0.15) is 0 Å². The molecule has 4 rings (SSSR count). The molecular formula is C19H17ClN2O. The molecule has 2 aromatic carbocycles. The molecule has 2 N–H and O–H groups in total. The van der Waals surface area contributed by atoms with Crippen molar-refractivity contribution in [2.75, 3.05) is 4.90 Å². The molecule has 0 saturated carbocycles. The molecule has 23 heavy (non-hydrogen) atoms. The highest BCUT2D eigenvalue weighted by Gasteiger charge is 2.38. The van der Waals surface area contributed by atoms with Gasteiger partial charge in [0.15, 0.2) is 0 Å². The first-order chi connectivity index (χ1) is 11.2. The van der Waals surface area contributed by atoms with Crippen LogP contribution in [0.25, 0.3) is 6.08 Å². The van der Waals surface area contributed by atoms with E-state index in [0.29, 0.717) is 11.4 Å². The van der Waals surface area contributed by atoms with Gasteiger partial charge in [0.25, 0.3) is 0 Å². The van der Waals surface area contributed by atoms with E-state index in [2.05, 4.69) is 18.2 Å². The van der Waals surface area contributed by atoms with Gasteiger partial charge in [0.2, 0.25) is 5.91 Å². The van der Waals surface area contributed by atoms with Crippen molar-refractivity contribution >= 4 is 29.3 Å². The Hall–Kier alpha value is -2.10. The molecule has 116 valence electrons. The number of carbonyl (C=O) groups excluding carboxylic acids is 1. The van der Waals surface area contributed by atoms with Crippen molar-refractivity contribution in [2.45, 2.75) is 24.9 Å². The van der Waals surface area contributed by atoms with Gasteiger partial charge in [-0.1, -0.05) is 60.2 Å². The van der Waals surface area contributed by atoms with Crippen LogP contribution in [0.1, 0.15) is 29.2 Å². The van der Waals surface area contributed by atoms with E-state index >= 15 is 0 Å². The summed E-state index contributed by atoms with van der Waals surface area (Å²) in [6.07, 6.45) is 5.43. The lowest BCUT2D eigenvalue weighted by atomic mass is 9.92. The lowest BCUT2D eigenvalue weighted by molar-refractivity contribution is -0.120. The third-order valence-corrected chi connectivity index (χ3v) is 4.95. The minimum Gasteiger partial charge on any atom is -0.320 e. The molecule has 2 aliphatic rings. The first-order valence-corrected chi connectivity index (χ1v) is 8.16. The largest absolute Gasteiger partial charge is 0.320 e. The smallest absolute Gasteiger partial charge is 0.244 e. The number of hydrogen-bond acceptors (Lipinski definition) is 2. The Morgan fingerprint density at radius 3 is 2.70 bits per heavy atom. The molecule has 2 aromatic rings. The van der Waals surface area contributed by atoms with Crippen molar-refractivity contribution in [1.82, 2.24) is 0 Å². The Balaban J connectivity index is 1.95. The molecule has 2 aliphatic heterocycles. The first-order valence-electron chi connectivity index (χ1n) is 7.78. The summed E-state index contributed by atoms with van der Waals surface area (Å²) in [7, 11) is 0. The topological polar surface area (TPSA) is 46.3 Å². The molecule has 0 unspecified atom stereocenters. The van der Waals surface area contributed by atoms with E-state index in [-0.39, 0.29) is 11.9 Å². The third kappa shape index (κ3) is 2.28. The average molecular weight is 325 g/mol. The second kappa shape index (κ2) is 5.52. The van der Waals surface area contributed by atoms with E-state index < -0.39 is 6.04 Å². The highest BCUT2D eigenvalue weighted by molar-refractivity contribution is 6.33. The molecule has 0 aromatic heterocycles. The van der Waals surface area contributed by atoms with Gasteiger partial charge in [-0.25, -0.2) is 0 Å². The molecule has 2 heterocycles. The normalized spacial score (nSPS) is 22.7. The summed E-state index contributed by atoms with van der Waals surface area (Å²) in [4.78, 5) is 14.7. The van der Waals surface area contributed by atoms with Gasteiger partial charge in [-0.15, -0.1) is 0 Å². The number of carbonyl (C=O) groups is 1. The fourth-order valence-electron chi connectivity index (χ4n) is 3.54. The maximum atomic E-state index is 12.9. The summed E-state index contributed by atoms with van der Waals surface area (Å²) >= 11 is 6.39. The van der Waals surface area contributed by atoms with Crippen molar-refractivity contribution in [3.63, 3.8) is 0 Å². The zero-order valence-electron chi connectivity index (χ0n) is 12.6. The molecule has 4 heteroatoms. The van der Waals surface area contributed by atoms with Gasteiger partial charge in [-0.05, 0) is 30.0 Å². The summed E-state index contributed by atoms with van der Waals surface area (Å²) in [6.45, 7) is 0. The van der Waals surface area contributed by atoms with Crippen LogP contribution in [0.2, 0.25) is 5.02 Å². The number of benzene rings is 2. The Morgan fingerprint density at radius 2 is 1.91 bits per heavy atom. The van der Waals surface area contributed by atoms with Crippen LogP contribution in [0, 0.1) is 0 Å². The van der Waals surface area contributed by atoms with E-state index in [1.165, 1.54) is 0 Å². The number of nitrogens with zero attached hydrogens (tertiary/aromatic N) is 1. The fourth-order valence-corrected chi connectivity index (χ4v) is 3.75. The molecular weight excluding hydrogens is 308 g/mol. The molecule has 0 saturated heterocycles. The number of hydrogen-bond donors (Lipinski definition) is 1. The van der Waals surface area contributed by atoms with E-state index in [9.17, 15) is 4.79 Å². The predicted molar refractivity (Wildman–Crippen MR) is 93.5 cm³/mol. The van der Waals surface area contributed by atoms with Crippen LogP contribution in [0.5, 0.6) is 0 Å². The van der Waals surface area contributed by atoms with E-state index in [1.54, 1.807) is 0 Å². The molecule has 3 nitrogen and oxygen atoms in total. The first kappa shape index (κ1) is 14.5. The Morgan fingerprint density at radius 1 is 1.13 bits per heavy atom. The van der Waals surface area contributed by atoms with Crippen LogP contribution in [0.4, 0.5) is 5.69 Å². The number of anilines is 1. The minimum atomic E-state index is -0.499. The highest BCUT2D eigenvalue weighted by atomic mass is 35.5. The maximum absolute atomic E-state index is 12.9. The van der Waals surface area contributed by atoms with Gasteiger partial charge in [-0.3, -0.25) is 4.79 Å². The maximum Gasteiger partial charge on any atom is 0.244 e. The Bertz CT molecular complexity index is 801. The van der Waals surface area contributed by atoms with Crippen molar-refractivity contribution in [1.29, 1.82) is 0 Å². The Labute approximate surface area is 140 Å². The SMILES string of the molecule is N[C@@H]1Cc2ccc(Cl)c3c2N(C1=O)[C@H](c1ccccc1)CC=C3. The standard InChI is InChI=1S/C19H17ClN2O/c20-15-10-9-13-11-16(21)19(23)22-17(12-5-2-1-3-6-12)8-4-7-14(15)18(13)22/h1-7,9-10,16-17H,8,11,21H2/t16-,17+/m1/s1. The van der Waals surface area contributed by atoms with E-state index in [1.807, 2.05) is 41.3 Å². The summed E-state index contributed by atoms with van der Waals surface area (Å²) in [6, 6.07) is 13.4. The zero-order valence-corrected chi connectivity index (χ0v) is 13.3. The summed E-state index contributed by atoms with van der Waals surface area (Å²) in [5.41, 5.74) is 10.2. The lowest BCUT2D eigenvalue weighted by Gasteiger charge is -2.38. The molecule has 2 atom stereocenters. The van der Waals surface area contributed by atoms with Gasteiger partial charge < -0.3 is 10.6 Å². The quantitative estimate of drug-likeness (QED) is 0.869. The fraction of sp³-hybridized carbons (Fsp3) is 0.211. The minimum absolute atomic E-state index is 0.0291. The number of amides is 1. The van der Waals surface area contributed by atoms with Crippen molar-refractivity contribution in [3.8, 4) is 0 Å². The second-order valence-corrected chi connectivity index (χ2v) is 6.46. The number of halogens is 1. The van der Waals surface area contributed by atoms with Gasteiger partial charge in [0.1, 0.15) is 0 Å². The lowest BCUT2D eigenvalue weighted by Crippen LogP contribution is -2.50. The predicted octanol–water partition coefficient (Wildman–Crippen LogP) is 3.71. The van der Waals surface area contributed by atoms with Crippen LogP contribution >= 0.6 is 11.6 Å². The molecule has 0 bridgehead atoms. The number of nitrogens with two attached hydrogens (primary N) is 1. The summed E-state index contributed by atoms with van der Waals surface area (Å²) < 4.78 is 0. The van der Waals surface area contributed by atoms with Crippen molar-refractivity contribution in [2.24, 2.45) is 5.73 Å². The number of rotatable bonds is 1.